The third kappa shape index (κ3) is 2.20. The Morgan fingerprint density at radius 1 is 1.44 bits per heavy atom. The van der Waals surface area contributed by atoms with Crippen molar-refractivity contribution in [1.82, 2.24) is 9.80 Å². The fraction of sp³-hybridized carbons (Fsp3) is 0.583. The van der Waals surface area contributed by atoms with Crippen LogP contribution in [0.5, 0.6) is 0 Å². The van der Waals surface area contributed by atoms with E-state index in [-0.39, 0.29) is 0 Å². The Morgan fingerprint density at radius 2 is 2.12 bits per heavy atom. The maximum atomic E-state index is 10.7. The number of hydrogen-bond acceptors (Lipinski definition) is 2. The number of terminal acetylenes is 1. The van der Waals surface area contributed by atoms with Crippen LogP contribution in [0.2, 0.25) is 0 Å². The van der Waals surface area contributed by atoms with Gasteiger partial charge in [-0.05, 0) is 18.4 Å². The van der Waals surface area contributed by atoms with Gasteiger partial charge < -0.3 is 10.0 Å². The van der Waals surface area contributed by atoms with E-state index in [1.807, 2.05) is 0 Å². The predicted octanol–water partition coefficient (Wildman–Crippen LogP) is 1.00. The topological polar surface area (TPSA) is 43.8 Å². The van der Waals surface area contributed by atoms with Crippen LogP contribution in [0.25, 0.3) is 0 Å². The number of nitrogens with zero attached hydrogens (tertiary/aromatic N) is 2. The van der Waals surface area contributed by atoms with E-state index < -0.39 is 6.09 Å². The Bertz CT molecular complexity index is 349. The van der Waals surface area contributed by atoms with Gasteiger partial charge in [-0.3, -0.25) is 4.90 Å². The molecule has 1 aliphatic heterocycles. The van der Waals surface area contributed by atoms with Gasteiger partial charge in [0.15, 0.2) is 0 Å². The Labute approximate surface area is 95.5 Å². The van der Waals surface area contributed by atoms with Crippen molar-refractivity contribution in [3.05, 3.63) is 11.6 Å². The number of amides is 1. The number of carboxylic acid groups (broad SMARTS) is 1. The maximum Gasteiger partial charge on any atom is 0.407 e. The highest BCUT2D eigenvalue weighted by atomic mass is 16.4. The maximum absolute atomic E-state index is 10.7. The van der Waals surface area contributed by atoms with Crippen molar-refractivity contribution >= 4 is 6.09 Å². The Balaban J connectivity index is 1.89. The molecule has 1 saturated heterocycles. The number of allylic oxidation sites excluding steroid dienone is 1. The largest absolute Gasteiger partial charge is 0.465 e. The Hall–Kier alpha value is -1.47. The van der Waals surface area contributed by atoms with Crippen LogP contribution in [-0.4, -0.2) is 53.2 Å². The first-order valence-corrected chi connectivity index (χ1v) is 5.60. The average Bonchev–Trinajstić information content (AvgIpc) is 2.77. The number of hydrogen-bond donors (Lipinski definition) is 1. The summed E-state index contributed by atoms with van der Waals surface area (Å²) in [6.07, 6.45) is 8.76. The molecule has 0 aromatic heterocycles. The highest BCUT2D eigenvalue weighted by Crippen LogP contribution is 2.23. The number of rotatable bonds is 1. The first-order valence-electron chi connectivity index (χ1n) is 5.60. The van der Waals surface area contributed by atoms with E-state index in [2.05, 4.69) is 16.9 Å². The van der Waals surface area contributed by atoms with Gasteiger partial charge in [-0.25, -0.2) is 4.79 Å². The summed E-state index contributed by atoms with van der Waals surface area (Å²) in [5.41, 5.74) is 1.09. The fourth-order valence-electron chi connectivity index (χ4n) is 2.36. The summed E-state index contributed by atoms with van der Waals surface area (Å²) in [5, 5.41) is 8.84. The molecular weight excluding hydrogens is 204 g/mol. The van der Waals surface area contributed by atoms with E-state index in [9.17, 15) is 4.79 Å². The monoisotopic (exact) mass is 220 g/mol. The van der Waals surface area contributed by atoms with Crippen molar-refractivity contribution in [2.45, 2.75) is 18.9 Å². The summed E-state index contributed by atoms with van der Waals surface area (Å²) in [5.74, 6) is 2.69. The first kappa shape index (κ1) is 11.0. The lowest BCUT2D eigenvalue weighted by Gasteiger charge is -2.36. The van der Waals surface area contributed by atoms with E-state index in [1.54, 1.807) is 0 Å². The Kier molecular flexibility index (Phi) is 3.16. The molecule has 0 aromatic carbocycles. The van der Waals surface area contributed by atoms with Crippen molar-refractivity contribution in [2.24, 2.45) is 0 Å². The predicted molar refractivity (Wildman–Crippen MR) is 61.1 cm³/mol. The minimum Gasteiger partial charge on any atom is -0.465 e. The summed E-state index contributed by atoms with van der Waals surface area (Å²) in [6.45, 7) is 2.83. The van der Waals surface area contributed by atoms with E-state index in [0.29, 0.717) is 19.1 Å². The molecule has 0 radical (unpaired) electrons. The summed E-state index contributed by atoms with van der Waals surface area (Å²) >= 11 is 0. The molecule has 1 N–H and O–H groups in total. The normalized spacial score (nSPS) is 26.3. The van der Waals surface area contributed by atoms with E-state index in [4.69, 9.17) is 11.5 Å². The molecule has 4 nitrogen and oxygen atoms in total. The van der Waals surface area contributed by atoms with E-state index in [0.717, 1.165) is 31.5 Å². The fourth-order valence-corrected chi connectivity index (χ4v) is 2.36. The van der Waals surface area contributed by atoms with Gasteiger partial charge in [0.2, 0.25) is 0 Å². The van der Waals surface area contributed by atoms with Gasteiger partial charge in [-0.15, -0.1) is 6.42 Å². The van der Waals surface area contributed by atoms with Crippen LogP contribution in [0.3, 0.4) is 0 Å². The van der Waals surface area contributed by atoms with Gasteiger partial charge in [-0.1, -0.05) is 12.0 Å². The van der Waals surface area contributed by atoms with E-state index in [1.165, 1.54) is 4.90 Å². The van der Waals surface area contributed by atoms with Crippen LogP contribution >= 0.6 is 0 Å². The second kappa shape index (κ2) is 4.58. The third-order valence-electron chi connectivity index (χ3n) is 3.34. The molecule has 0 saturated carbocycles. The average molecular weight is 220 g/mol. The SMILES string of the molecule is C#CC1=CC(N2CCN(C(=O)O)CC2)CC1. The van der Waals surface area contributed by atoms with Crippen molar-refractivity contribution in [1.29, 1.82) is 0 Å². The molecule has 0 aromatic rings. The zero-order chi connectivity index (χ0) is 11.5. The van der Waals surface area contributed by atoms with Crippen molar-refractivity contribution in [3.63, 3.8) is 0 Å². The molecule has 2 aliphatic rings. The molecule has 0 bridgehead atoms. The van der Waals surface area contributed by atoms with Crippen LogP contribution in [0.15, 0.2) is 11.6 Å². The number of carbonyl (C=O) groups is 1. The van der Waals surface area contributed by atoms with Gasteiger partial charge >= 0.3 is 6.09 Å². The highest BCUT2D eigenvalue weighted by Gasteiger charge is 2.26. The van der Waals surface area contributed by atoms with Crippen LogP contribution < -0.4 is 0 Å². The summed E-state index contributed by atoms with van der Waals surface area (Å²) in [6, 6.07) is 0.419. The van der Waals surface area contributed by atoms with Crippen molar-refractivity contribution in [2.75, 3.05) is 26.2 Å². The molecular formula is C12H16N2O2. The highest BCUT2D eigenvalue weighted by molar-refractivity contribution is 5.65. The molecule has 4 heteroatoms. The molecule has 0 spiro atoms. The molecule has 1 fully saturated rings. The molecule has 1 atom stereocenters. The molecule has 2 rings (SSSR count). The molecule has 86 valence electrons. The molecule has 1 amide bonds. The van der Waals surface area contributed by atoms with E-state index >= 15 is 0 Å². The number of piperazine rings is 1. The van der Waals surface area contributed by atoms with Crippen molar-refractivity contribution < 1.29 is 9.90 Å². The minimum absolute atomic E-state index is 0.419. The van der Waals surface area contributed by atoms with Gasteiger partial charge in [0.25, 0.3) is 0 Å². The second-order valence-electron chi connectivity index (χ2n) is 4.25. The second-order valence-corrected chi connectivity index (χ2v) is 4.25. The standard InChI is InChI=1S/C12H16N2O2/c1-2-10-3-4-11(9-10)13-5-7-14(8-6-13)12(15)16/h1,9,11H,3-8H2,(H,15,16). The van der Waals surface area contributed by atoms with Crippen LogP contribution in [0.4, 0.5) is 4.79 Å². The van der Waals surface area contributed by atoms with Crippen LogP contribution in [-0.2, 0) is 0 Å². The molecule has 1 aliphatic carbocycles. The smallest absolute Gasteiger partial charge is 0.407 e. The van der Waals surface area contributed by atoms with Gasteiger partial charge in [-0.2, -0.15) is 0 Å². The minimum atomic E-state index is -0.814. The van der Waals surface area contributed by atoms with Crippen LogP contribution in [0.1, 0.15) is 12.8 Å². The Morgan fingerprint density at radius 3 is 2.62 bits per heavy atom. The lowest BCUT2D eigenvalue weighted by Crippen LogP contribution is -2.50. The zero-order valence-corrected chi connectivity index (χ0v) is 9.22. The molecule has 16 heavy (non-hydrogen) atoms. The zero-order valence-electron chi connectivity index (χ0n) is 9.22. The first-order chi connectivity index (χ1) is 7.70. The molecule has 1 unspecified atom stereocenters. The quantitative estimate of drug-likeness (QED) is 0.671. The van der Waals surface area contributed by atoms with Gasteiger partial charge in [0.1, 0.15) is 0 Å². The lowest BCUT2D eigenvalue weighted by molar-refractivity contribution is 0.0944. The summed E-state index contributed by atoms with van der Waals surface area (Å²) in [7, 11) is 0. The van der Waals surface area contributed by atoms with Gasteiger partial charge in [0, 0.05) is 32.2 Å². The summed E-state index contributed by atoms with van der Waals surface area (Å²) in [4.78, 5) is 14.5. The summed E-state index contributed by atoms with van der Waals surface area (Å²) < 4.78 is 0. The molecule has 1 heterocycles. The van der Waals surface area contributed by atoms with Crippen molar-refractivity contribution in [3.8, 4) is 12.3 Å². The van der Waals surface area contributed by atoms with Crippen LogP contribution in [0, 0.1) is 12.3 Å². The third-order valence-corrected chi connectivity index (χ3v) is 3.34. The van der Waals surface area contributed by atoms with Gasteiger partial charge in [0.05, 0.1) is 0 Å². The lowest BCUT2D eigenvalue weighted by atomic mass is 10.2.